The largest absolute Gasteiger partial charge is 0.493 e. The molecule has 7 heteroatoms. The number of ether oxygens (including phenoxy) is 1. The first-order chi connectivity index (χ1) is 15.9. The van der Waals surface area contributed by atoms with Crippen LogP contribution in [0.5, 0.6) is 5.75 Å². The van der Waals surface area contributed by atoms with E-state index in [2.05, 4.69) is 30.9 Å². The lowest BCUT2D eigenvalue weighted by Gasteiger charge is -2.33. The number of hydrogen-bond donors (Lipinski definition) is 0. The summed E-state index contributed by atoms with van der Waals surface area (Å²) in [5.41, 5.74) is 3.18. The zero-order valence-electron chi connectivity index (χ0n) is 19.5. The first kappa shape index (κ1) is 23.3. The number of halogens is 1. The van der Waals surface area contributed by atoms with Gasteiger partial charge in [-0.25, -0.2) is 0 Å². The summed E-state index contributed by atoms with van der Waals surface area (Å²) in [6, 6.07) is 17.9. The monoisotopic (exact) mass is 466 g/mol. The molecule has 6 nitrogen and oxygen atoms in total. The average Bonchev–Trinajstić information content (AvgIpc) is 3.13. The Kier molecular flexibility index (Phi) is 7.36. The Bertz CT molecular complexity index is 1100. The minimum absolute atomic E-state index is 0.0746. The van der Waals surface area contributed by atoms with E-state index in [1.54, 1.807) is 4.90 Å². The predicted molar refractivity (Wildman–Crippen MR) is 132 cm³/mol. The van der Waals surface area contributed by atoms with Crippen LogP contribution in [0.2, 0.25) is 5.02 Å². The molecule has 2 heterocycles. The van der Waals surface area contributed by atoms with Crippen molar-refractivity contribution in [2.24, 2.45) is 5.92 Å². The lowest BCUT2D eigenvalue weighted by molar-refractivity contribution is -0.121. The third-order valence-electron chi connectivity index (χ3n) is 5.71. The maximum atomic E-state index is 12.9. The van der Waals surface area contributed by atoms with Crippen LogP contribution in [0.4, 0.5) is 5.82 Å². The van der Waals surface area contributed by atoms with Crippen molar-refractivity contribution < 1.29 is 9.53 Å². The number of carbonyl (C=O) groups excluding carboxylic acids is 1. The van der Waals surface area contributed by atoms with Crippen molar-refractivity contribution >= 4 is 23.3 Å². The molecule has 174 valence electrons. The molecule has 0 radical (unpaired) electrons. The van der Waals surface area contributed by atoms with Crippen molar-refractivity contribution in [2.45, 2.75) is 33.9 Å². The van der Waals surface area contributed by atoms with E-state index >= 15 is 0 Å². The standard InChI is InChI=1S/C26H31ClN4O2/c1-19(2)18-33-24-10-9-23(27)14-22(24)16-31-20(3)13-25(28-31)30-12-11-29(17-26(30)32)15-21-7-5-4-6-8-21/h4-10,13-14,19H,11-12,15-18H2,1-3H3. The predicted octanol–water partition coefficient (Wildman–Crippen LogP) is 4.78. The summed E-state index contributed by atoms with van der Waals surface area (Å²) in [4.78, 5) is 16.9. The number of nitrogens with zero attached hydrogens (tertiary/aromatic N) is 4. The Hall–Kier alpha value is -2.83. The van der Waals surface area contributed by atoms with Crippen LogP contribution in [0, 0.1) is 12.8 Å². The second kappa shape index (κ2) is 10.4. The molecule has 0 aliphatic carbocycles. The highest BCUT2D eigenvalue weighted by atomic mass is 35.5. The van der Waals surface area contributed by atoms with Crippen LogP contribution >= 0.6 is 11.6 Å². The van der Waals surface area contributed by atoms with E-state index in [1.165, 1.54) is 5.56 Å². The summed E-state index contributed by atoms with van der Waals surface area (Å²) >= 11 is 6.26. The lowest BCUT2D eigenvalue weighted by atomic mass is 10.2. The topological polar surface area (TPSA) is 50.6 Å². The Morgan fingerprint density at radius 3 is 2.58 bits per heavy atom. The molecule has 0 unspecified atom stereocenters. The van der Waals surface area contributed by atoms with Gasteiger partial charge in [0.2, 0.25) is 5.91 Å². The van der Waals surface area contributed by atoms with Crippen LogP contribution in [0.25, 0.3) is 0 Å². The molecule has 0 bridgehead atoms. The van der Waals surface area contributed by atoms with Crippen LogP contribution in [-0.2, 0) is 17.9 Å². The van der Waals surface area contributed by atoms with Crippen LogP contribution in [0.15, 0.2) is 54.6 Å². The average molecular weight is 467 g/mol. The van der Waals surface area contributed by atoms with Crippen molar-refractivity contribution in [1.82, 2.24) is 14.7 Å². The van der Waals surface area contributed by atoms with E-state index in [1.807, 2.05) is 54.1 Å². The number of benzene rings is 2. The Labute approximate surface area is 200 Å². The molecule has 2 aromatic carbocycles. The van der Waals surface area contributed by atoms with Gasteiger partial charge < -0.3 is 4.74 Å². The zero-order chi connectivity index (χ0) is 23.4. The van der Waals surface area contributed by atoms with Crippen molar-refractivity contribution in [3.05, 3.63) is 76.4 Å². The van der Waals surface area contributed by atoms with Gasteiger partial charge in [-0.1, -0.05) is 55.8 Å². The van der Waals surface area contributed by atoms with Gasteiger partial charge >= 0.3 is 0 Å². The zero-order valence-corrected chi connectivity index (χ0v) is 20.3. The molecule has 1 aliphatic rings. The molecule has 1 fully saturated rings. The highest BCUT2D eigenvalue weighted by molar-refractivity contribution is 6.30. The lowest BCUT2D eigenvalue weighted by Crippen LogP contribution is -2.50. The summed E-state index contributed by atoms with van der Waals surface area (Å²) in [6.07, 6.45) is 0. The summed E-state index contributed by atoms with van der Waals surface area (Å²) in [5, 5.41) is 5.42. The van der Waals surface area contributed by atoms with Crippen molar-refractivity contribution in [1.29, 1.82) is 0 Å². The van der Waals surface area contributed by atoms with Gasteiger partial charge in [0.05, 0.1) is 19.7 Å². The maximum absolute atomic E-state index is 12.9. The first-order valence-electron chi connectivity index (χ1n) is 11.4. The Morgan fingerprint density at radius 1 is 1.06 bits per heavy atom. The highest BCUT2D eigenvalue weighted by Gasteiger charge is 2.27. The third-order valence-corrected chi connectivity index (χ3v) is 5.94. The van der Waals surface area contributed by atoms with Gasteiger partial charge in [-0.05, 0) is 36.6 Å². The molecule has 0 atom stereocenters. The fourth-order valence-electron chi connectivity index (χ4n) is 3.96. The first-order valence-corrected chi connectivity index (χ1v) is 11.8. The van der Waals surface area contributed by atoms with Crippen molar-refractivity contribution in [3.8, 4) is 5.75 Å². The minimum atomic E-state index is 0.0746. The molecular formula is C26H31ClN4O2. The normalized spacial score (nSPS) is 14.8. The van der Waals surface area contributed by atoms with Crippen molar-refractivity contribution in [2.75, 3.05) is 31.1 Å². The number of carbonyl (C=O) groups is 1. The second-order valence-corrected chi connectivity index (χ2v) is 9.44. The number of aryl methyl sites for hydroxylation is 1. The molecule has 0 N–H and O–H groups in total. The minimum Gasteiger partial charge on any atom is -0.493 e. The fraction of sp³-hybridized carbons (Fsp3) is 0.385. The Balaban J connectivity index is 1.45. The van der Waals surface area contributed by atoms with E-state index in [4.69, 9.17) is 21.4 Å². The van der Waals surface area contributed by atoms with Gasteiger partial charge in [-0.3, -0.25) is 19.3 Å². The molecule has 1 amide bonds. The van der Waals surface area contributed by atoms with Gasteiger partial charge in [0, 0.05) is 42.0 Å². The molecule has 1 saturated heterocycles. The van der Waals surface area contributed by atoms with Crippen LogP contribution in [0.3, 0.4) is 0 Å². The van der Waals surface area contributed by atoms with Gasteiger partial charge in [0.15, 0.2) is 5.82 Å². The fourth-order valence-corrected chi connectivity index (χ4v) is 4.15. The molecule has 1 aliphatic heterocycles. The molecule has 33 heavy (non-hydrogen) atoms. The van der Waals surface area contributed by atoms with E-state index in [-0.39, 0.29) is 5.91 Å². The van der Waals surface area contributed by atoms with Crippen LogP contribution < -0.4 is 9.64 Å². The smallest absolute Gasteiger partial charge is 0.242 e. The number of hydrogen-bond acceptors (Lipinski definition) is 4. The van der Waals surface area contributed by atoms with E-state index in [0.717, 1.165) is 30.1 Å². The van der Waals surface area contributed by atoms with Gasteiger partial charge in [0.25, 0.3) is 0 Å². The molecule has 4 rings (SSSR count). The van der Waals surface area contributed by atoms with Gasteiger partial charge in [0.1, 0.15) is 5.75 Å². The van der Waals surface area contributed by atoms with E-state index < -0.39 is 0 Å². The second-order valence-electron chi connectivity index (χ2n) is 9.00. The van der Waals surface area contributed by atoms with Gasteiger partial charge in [-0.15, -0.1) is 0 Å². The molecular weight excluding hydrogens is 436 g/mol. The third kappa shape index (κ3) is 5.95. The summed E-state index contributed by atoms with van der Waals surface area (Å²) in [5.74, 6) is 2.02. The number of aromatic nitrogens is 2. The van der Waals surface area contributed by atoms with Crippen LogP contribution in [-0.4, -0.2) is 46.8 Å². The van der Waals surface area contributed by atoms with E-state index in [0.29, 0.717) is 43.0 Å². The molecule has 0 spiro atoms. The number of anilines is 1. The number of rotatable bonds is 8. The SMILES string of the molecule is Cc1cc(N2CCN(Cc3ccccc3)CC2=O)nn1Cc1cc(Cl)ccc1OCC(C)C. The number of piperazine rings is 1. The van der Waals surface area contributed by atoms with E-state index in [9.17, 15) is 4.79 Å². The summed E-state index contributed by atoms with van der Waals surface area (Å²) in [7, 11) is 0. The quantitative estimate of drug-likeness (QED) is 0.479. The molecule has 3 aromatic rings. The van der Waals surface area contributed by atoms with Gasteiger partial charge in [-0.2, -0.15) is 5.10 Å². The summed E-state index contributed by atoms with van der Waals surface area (Å²) < 4.78 is 7.91. The summed E-state index contributed by atoms with van der Waals surface area (Å²) in [6.45, 7) is 10.0. The highest BCUT2D eigenvalue weighted by Crippen LogP contribution is 2.26. The van der Waals surface area contributed by atoms with Crippen LogP contribution in [0.1, 0.15) is 30.7 Å². The molecule has 0 saturated carbocycles. The number of amides is 1. The maximum Gasteiger partial charge on any atom is 0.242 e. The molecule has 1 aromatic heterocycles. The van der Waals surface area contributed by atoms with Crippen molar-refractivity contribution in [3.63, 3.8) is 0 Å². The Morgan fingerprint density at radius 2 is 1.85 bits per heavy atom.